The summed E-state index contributed by atoms with van der Waals surface area (Å²) >= 11 is 6.53. The van der Waals surface area contributed by atoms with Crippen molar-refractivity contribution in [1.29, 1.82) is 0 Å². The standard InChI is InChI=1S/C26H25ClFN5O3/c1-26(8-22(34)35)13-33(20-4-3-16(28)6-18(20)26)24-19(27)9-29-25(31-24)30-17-5-14-10-32(2)11-15-12-36-21(7-17)23(14)15/h3-7,9,15H,8,10-13H2,1-2H3,(H,34,35)(H,29,30,31). The molecule has 2 unspecified atom stereocenters. The molecule has 0 bridgehead atoms. The topological polar surface area (TPSA) is 90.8 Å². The SMILES string of the molecule is CN1Cc2cc(Nc3ncc(Cl)c(N4CC(C)(CC(=O)O)c5cc(F)ccc54)n3)cc3c2C(CO3)C1. The van der Waals surface area contributed by atoms with Crippen LogP contribution in [0.4, 0.5) is 27.5 Å². The summed E-state index contributed by atoms with van der Waals surface area (Å²) in [5, 5.41) is 13.1. The number of rotatable bonds is 5. The quantitative estimate of drug-likeness (QED) is 0.506. The van der Waals surface area contributed by atoms with Gasteiger partial charge in [0.1, 0.15) is 16.6 Å². The number of hydrogen-bond donors (Lipinski definition) is 2. The fraction of sp³-hybridized carbons (Fsp3) is 0.346. The van der Waals surface area contributed by atoms with Gasteiger partial charge in [0.2, 0.25) is 5.95 Å². The van der Waals surface area contributed by atoms with E-state index in [1.807, 2.05) is 17.9 Å². The van der Waals surface area contributed by atoms with Crippen LogP contribution in [0.15, 0.2) is 36.5 Å². The average molecular weight is 510 g/mol. The van der Waals surface area contributed by atoms with Crippen molar-refractivity contribution >= 4 is 40.7 Å². The highest BCUT2D eigenvalue weighted by atomic mass is 35.5. The molecule has 0 saturated heterocycles. The van der Waals surface area contributed by atoms with E-state index in [0.29, 0.717) is 47.1 Å². The van der Waals surface area contributed by atoms with Crippen LogP contribution in [0.1, 0.15) is 36.0 Å². The van der Waals surface area contributed by atoms with Crippen molar-refractivity contribution in [3.8, 4) is 5.75 Å². The Balaban J connectivity index is 1.35. The fourth-order valence-electron chi connectivity index (χ4n) is 5.78. The molecule has 0 amide bonds. The number of carboxylic acids is 1. The van der Waals surface area contributed by atoms with Crippen LogP contribution >= 0.6 is 11.6 Å². The summed E-state index contributed by atoms with van der Waals surface area (Å²) in [5.41, 5.74) is 3.80. The summed E-state index contributed by atoms with van der Waals surface area (Å²) in [6.45, 7) is 4.61. The van der Waals surface area contributed by atoms with Crippen molar-refractivity contribution in [3.63, 3.8) is 0 Å². The van der Waals surface area contributed by atoms with Gasteiger partial charge in [-0.25, -0.2) is 9.37 Å². The number of carbonyl (C=O) groups is 1. The number of aromatic nitrogens is 2. The summed E-state index contributed by atoms with van der Waals surface area (Å²) in [6.07, 6.45) is 1.36. The molecule has 10 heteroatoms. The fourth-order valence-corrected chi connectivity index (χ4v) is 5.97. The third kappa shape index (κ3) is 3.83. The Morgan fingerprint density at radius 3 is 3.00 bits per heavy atom. The first-order valence-electron chi connectivity index (χ1n) is 11.8. The van der Waals surface area contributed by atoms with Gasteiger partial charge >= 0.3 is 5.97 Å². The summed E-state index contributed by atoms with van der Waals surface area (Å²) in [6, 6.07) is 8.46. The Hall–Kier alpha value is -3.43. The van der Waals surface area contributed by atoms with Crippen molar-refractivity contribution in [3.05, 3.63) is 64.1 Å². The number of halogens is 2. The lowest BCUT2D eigenvalue weighted by Crippen LogP contribution is -2.31. The van der Waals surface area contributed by atoms with Gasteiger partial charge in [0.25, 0.3) is 0 Å². The van der Waals surface area contributed by atoms with E-state index in [1.165, 1.54) is 29.5 Å². The second kappa shape index (κ2) is 8.31. The molecular formula is C26H25ClFN5O3. The Bertz CT molecular complexity index is 1400. The van der Waals surface area contributed by atoms with Crippen molar-refractivity contribution in [2.75, 3.05) is 37.0 Å². The molecule has 3 aliphatic rings. The third-order valence-electron chi connectivity index (χ3n) is 7.23. The zero-order chi connectivity index (χ0) is 25.2. The molecule has 0 radical (unpaired) electrons. The Kier molecular flexibility index (Phi) is 5.31. The van der Waals surface area contributed by atoms with E-state index < -0.39 is 17.2 Å². The lowest BCUT2D eigenvalue weighted by atomic mass is 9.81. The minimum atomic E-state index is -0.957. The zero-order valence-electron chi connectivity index (χ0n) is 19.9. The van der Waals surface area contributed by atoms with Crippen LogP contribution in [0.25, 0.3) is 0 Å². The van der Waals surface area contributed by atoms with Gasteiger partial charge in [-0.3, -0.25) is 4.79 Å². The van der Waals surface area contributed by atoms with Crippen LogP contribution in [0.5, 0.6) is 5.75 Å². The van der Waals surface area contributed by atoms with Gasteiger partial charge in [-0.15, -0.1) is 0 Å². The maximum atomic E-state index is 14.1. The second-order valence-corrected chi connectivity index (χ2v) is 10.5. The molecule has 6 rings (SSSR count). The number of likely N-dealkylation sites (N-methyl/N-ethyl adjacent to an activating group) is 1. The van der Waals surface area contributed by atoms with Crippen molar-refractivity contribution in [2.24, 2.45) is 0 Å². The molecule has 2 aromatic carbocycles. The van der Waals surface area contributed by atoms with Crippen LogP contribution in [0.2, 0.25) is 5.02 Å². The predicted molar refractivity (Wildman–Crippen MR) is 134 cm³/mol. The Morgan fingerprint density at radius 1 is 1.36 bits per heavy atom. The number of carboxylic acid groups (broad SMARTS) is 1. The first kappa shape index (κ1) is 23.0. The molecule has 4 heterocycles. The number of nitrogens with zero attached hydrogens (tertiary/aromatic N) is 4. The van der Waals surface area contributed by atoms with E-state index in [0.717, 1.165) is 24.5 Å². The minimum absolute atomic E-state index is 0.152. The first-order chi connectivity index (χ1) is 17.2. The first-order valence-corrected chi connectivity index (χ1v) is 12.1. The number of anilines is 4. The van der Waals surface area contributed by atoms with Gasteiger partial charge in [0.05, 0.1) is 19.2 Å². The molecule has 2 atom stereocenters. The lowest BCUT2D eigenvalue weighted by molar-refractivity contribution is -0.138. The summed E-state index contributed by atoms with van der Waals surface area (Å²) in [4.78, 5) is 24.8. The van der Waals surface area contributed by atoms with Crippen LogP contribution in [0, 0.1) is 5.82 Å². The predicted octanol–water partition coefficient (Wildman–Crippen LogP) is 4.82. The molecule has 0 aliphatic carbocycles. The highest BCUT2D eigenvalue weighted by Crippen LogP contribution is 2.48. The van der Waals surface area contributed by atoms with E-state index >= 15 is 0 Å². The molecule has 0 spiro atoms. The number of hydrogen-bond acceptors (Lipinski definition) is 7. The number of nitrogens with one attached hydrogen (secondary N) is 1. The van der Waals surface area contributed by atoms with Gasteiger partial charge in [-0.1, -0.05) is 18.5 Å². The molecule has 186 valence electrons. The van der Waals surface area contributed by atoms with Gasteiger partial charge in [0, 0.05) is 54.0 Å². The van der Waals surface area contributed by atoms with Crippen molar-refractivity contribution in [1.82, 2.24) is 14.9 Å². The van der Waals surface area contributed by atoms with Crippen molar-refractivity contribution in [2.45, 2.75) is 31.2 Å². The highest BCUT2D eigenvalue weighted by molar-refractivity contribution is 6.33. The number of aliphatic carboxylic acids is 1. The van der Waals surface area contributed by atoms with E-state index in [2.05, 4.69) is 33.3 Å². The van der Waals surface area contributed by atoms with Crippen molar-refractivity contribution < 1.29 is 19.0 Å². The summed E-state index contributed by atoms with van der Waals surface area (Å²) < 4.78 is 20.1. The van der Waals surface area contributed by atoms with Gasteiger partial charge in [-0.05, 0) is 42.4 Å². The Morgan fingerprint density at radius 2 is 2.19 bits per heavy atom. The molecule has 3 aromatic rings. The number of fused-ring (bicyclic) bond motifs is 1. The molecule has 0 saturated carbocycles. The molecule has 0 fully saturated rings. The Labute approximate surface area is 212 Å². The third-order valence-corrected chi connectivity index (χ3v) is 7.50. The highest BCUT2D eigenvalue weighted by Gasteiger charge is 2.42. The van der Waals surface area contributed by atoms with E-state index in [1.54, 1.807) is 6.07 Å². The maximum absolute atomic E-state index is 14.1. The van der Waals surface area contributed by atoms with Gasteiger partial charge in [-0.2, -0.15) is 4.98 Å². The van der Waals surface area contributed by atoms with Crippen LogP contribution in [-0.4, -0.2) is 52.7 Å². The smallest absolute Gasteiger partial charge is 0.304 e. The number of benzene rings is 2. The summed E-state index contributed by atoms with van der Waals surface area (Å²) in [7, 11) is 2.10. The molecule has 2 N–H and O–H groups in total. The van der Waals surface area contributed by atoms with Gasteiger partial charge in [0.15, 0.2) is 5.82 Å². The minimum Gasteiger partial charge on any atom is -0.493 e. The summed E-state index contributed by atoms with van der Waals surface area (Å²) in [5.74, 6) is 0.675. The normalized spacial score (nSPS) is 22.2. The maximum Gasteiger partial charge on any atom is 0.304 e. The molecule has 3 aliphatic heterocycles. The molecular weight excluding hydrogens is 485 g/mol. The van der Waals surface area contributed by atoms with E-state index in [4.69, 9.17) is 16.3 Å². The number of ether oxygens (including phenoxy) is 1. The van der Waals surface area contributed by atoms with Gasteiger partial charge < -0.3 is 25.0 Å². The van der Waals surface area contributed by atoms with E-state index in [9.17, 15) is 14.3 Å². The van der Waals surface area contributed by atoms with Crippen LogP contribution < -0.4 is 15.0 Å². The molecule has 36 heavy (non-hydrogen) atoms. The van der Waals surface area contributed by atoms with Crippen LogP contribution in [-0.2, 0) is 16.8 Å². The lowest BCUT2D eigenvalue weighted by Gasteiger charge is -2.28. The molecule has 8 nitrogen and oxygen atoms in total. The monoisotopic (exact) mass is 509 g/mol. The second-order valence-electron chi connectivity index (χ2n) is 10.1. The zero-order valence-corrected chi connectivity index (χ0v) is 20.6. The average Bonchev–Trinajstić information content (AvgIpc) is 3.33. The molecule has 1 aromatic heterocycles. The van der Waals surface area contributed by atoms with E-state index in [-0.39, 0.29) is 6.42 Å². The largest absolute Gasteiger partial charge is 0.493 e. The van der Waals surface area contributed by atoms with Crippen LogP contribution in [0.3, 0.4) is 0 Å².